The van der Waals surface area contributed by atoms with Crippen molar-refractivity contribution in [3.05, 3.63) is 64.7 Å². The van der Waals surface area contributed by atoms with E-state index in [1.807, 2.05) is 42.5 Å². The van der Waals surface area contributed by atoms with Crippen molar-refractivity contribution in [3.8, 4) is 5.75 Å². The van der Waals surface area contributed by atoms with E-state index in [2.05, 4.69) is 5.16 Å². The van der Waals surface area contributed by atoms with Crippen molar-refractivity contribution in [3.63, 3.8) is 0 Å². The van der Waals surface area contributed by atoms with Crippen LogP contribution in [0.1, 0.15) is 22.3 Å². The van der Waals surface area contributed by atoms with Crippen molar-refractivity contribution in [2.45, 2.75) is 19.6 Å². The maximum absolute atomic E-state index is 8.99. The van der Waals surface area contributed by atoms with E-state index < -0.39 is 0 Å². The monoisotopic (exact) mass is 298 g/mol. The van der Waals surface area contributed by atoms with Crippen LogP contribution in [0.5, 0.6) is 5.75 Å². The molecule has 114 valence electrons. The van der Waals surface area contributed by atoms with E-state index in [-0.39, 0.29) is 6.61 Å². The molecular formula is C17H18N2O3. The quantitative estimate of drug-likeness (QED) is 0.502. The summed E-state index contributed by atoms with van der Waals surface area (Å²) in [5, 5.41) is 13.0. The van der Waals surface area contributed by atoms with Gasteiger partial charge in [0, 0.05) is 12.0 Å². The maximum Gasteiger partial charge on any atom is 0.170 e. The Morgan fingerprint density at radius 3 is 2.73 bits per heavy atom. The number of rotatable bonds is 5. The number of nitrogens with zero attached hydrogens (tertiary/aromatic N) is 1. The SMILES string of the molecule is N/C(=N/OCc1ccc(CO)cc1)c1ccc2c(c1)CCO2. The van der Waals surface area contributed by atoms with Gasteiger partial charge in [0.15, 0.2) is 5.84 Å². The van der Waals surface area contributed by atoms with E-state index in [4.69, 9.17) is 20.4 Å². The molecule has 0 unspecified atom stereocenters. The molecule has 0 spiro atoms. The standard InChI is InChI=1S/C17H18N2O3/c18-17(15-5-6-16-14(9-15)7-8-21-16)19-22-11-13-3-1-12(10-20)2-4-13/h1-6,9,20H,7-8,10-11H2,(H2,18,19). The van der Waals surface area contributed by atoms with E-state index in [0.29, 0.717) is 12.4 Å². The highest BCUT2D eigenvalue weighted by molar-refractivity contribution is 5.97. The summed E-state index contributed by atoms with van der Waals surface area (Å²) in [4.78, 5) is 5.30. The summed E-state index contributed by atoms with van der Waals surface area (Å²) in [6.07, 6.45) is 0.897. The molecule has 0 bridgehead atoms. The summed E-state index contributed by atoms with van der Waals surface area (Å²) in [6, 6.07) is 13.3. The third-order valence-corrected chi connectivity index (χ3v) is 3.58. The molecule has 2 aromatic carbocycles. The molecule has 1 heterocycles. The summed E-state index contributed by atoms with van der Waals surface area (Å²) in [7, 11) is 0. The highest BCUT2D eigenvalue weighted by Gasteiger charge is 2.13. The third-order valence-electron chi connectivity index (χ3n) is 3.58. The molecule has 1 aliphatic heterocycles. The van der Waals surface area contributed by atoms with Crippen molar-refractivity contribution >= 4 is 5.84 Å². The van der Waals surface area contributed by atoms with Crippen molar-refractivity contribution < 1.29 is 14.7 Å². The van der Waals surface area contributed by atoms with Crippen LogP contribution in [0, 0.1) is 0 Å². The smallest absolute Gasteiger partial charge is 0.170 e. The van der Waals surface area contributed by atoms with Gasteiger partial charge in [0.2, 0.25) is 0 Å². The van der Waals surface area contributed by atoms with E-state index in [0.717, 1.165) is 41.0 Å². The molecule has 5 nitrogen and oxygen atoms in total. The average molecular weight is 298 g/mol. The first-order valence-electron chi connectivity index (χ1n) is 7.16. The van der Waals surface area contributed by atoms with Gasteiger partial charge in [-0.25, -0.2) is 0 Å². The van der Waals surface area contributed by atoms with Crippen LogP contribution in [0.15, 0.2) is 47.6 Å². The van der Waals surface area contributed by atoms with Gasteiger partial charge in [-0.15, -0.1) is 0 Å². The molecule has 0 saturated carbocycles. The van der Waals surface area contributed by atoms with Crippen LogP contribution in [0.4, 0.5) is 0 Å². The topological polar surface area (TPSA) is 77.1 Å². The van der Waals surface area contributed by atoms with E-state index in [1.54, 1.807) is 0 Å². The fourth-order valence-electron chi connectivity index (χ4n) is 2.32. The normalized spacial score (nSPS) is 13.6. The zero-order valence-corrected chi connectivity index (χ0v) is 12.2. The molecule has 0 fully saturated rings. The van der Waals surface area contributed by atoms with Gasteiger partial charge < -0.3 is 20.4 Å². The molecule has 0 atom stereocenters. The van der Waals surface area contributed by atoms with Crippen LogP contribution in [-0.2, 0) is 24.5 Å². The van der Waals surface area contributed by atoms with Gasteiger partial charge >= 0.3 is 0 Å². The Hall–Kier alpha value is -2.53. The number of hydrogen-bond acceptors (Lipinski definition) is 4. The number of oxime groups is 1. The Morgan fingerprint density at radius 2 is 1.95 bits per heavy atom. The average Bonchev–Trinajstić information content (AvgIpc) is 3.03. The van der Waals surface area contributed by atoms with E-state index >= 15 is 0 Å². The van der Waals surface area contributed by atoms with Gasteiger partial charge in [-0.2, -0.15) is 0 Å². The first kappa shape index (κ1) is 14.4. The highest BCUT2D eigenvalue weighted by atomic mass is 16.6. The minimum atomic E-state index is 0.0360. The molecule has 0 radical (unpaired) electrons. The Balaban J connectivity index is 1.62. The molecule has 0 amide bonds. The van der Waals surface area contributed by atoms with Crippen LogP contribution < -0.4 is 10.5 Å². The van der Waals surface area contributed by atoms with E-state index in [9.17, 15) is 0 Å². The van der Waals surface area contributed by atoms with Gasteiger partial charge in [0.1, 0.15) is 12.4 Å². The van der Waals surface area contributed by atoms with Crippen molar-refractivity contribution in [2.75, 3.05) is 6.61 Å². The Labute approximate surface area is 129 Å². The second-order valence-electron chi connectivity index (χ2n) is 5.15. The zero-order valence-electron chi connectivity index (χ0n) is 12.2. The van der Waals surface area contributed by atoms with Crippen LogP contribution in [0.2, 0.25) is 0 Å². The fourth-order valence-corrected chi connectivity index (χ4v) is 2.32. The number of amidine groups is 1. The van der Waals surface area contributed by atoms with Crippen LogP contribution in [-0.4, -0.2) is 17.5 Å². The minimum absolute atomic E-state index is 0.0360. The number of aliphatic hydroxyl groups excluding tert-OH is 1. The molecule has 3 N–H and O–H groups in total. The number of benzene rings is 2. The van der Waals surface area contributed by atoms with Crippen molar-refractivity contribution in [1.29, 1.82) is 0 Å². The zero-order chi connectivity index (χ0) is 15.4. The molecule has 3 rings (SSSR count). The second-order valence-corrected chi connectivity index (χ2v) is 5.15. The molecule has 22 heavy (non-hydrogen) atoms. The molecule has 2 aromatic rings. The summed E-state index contributed by atoms with van der Waals surface area (Å²) >= 11 is 0. The van der Waals surface area contributed by atoms with Crippen molar-refractivity contribution in [1.82, 2.24) is 0 Å². The lowest BCUT2D eigenvalue weighted by atomic mass is 10.1. The molecule has 5 heteroatoms. The lowest BCUT2D eigenvalue weighted by Gasteiger charge is -2.05. The van der Waals surface area contributed by atoms with Crippen LogP contribution in [0.3, 0.4) is 0 Å². The number of aliphatic hydroxyl groups is 1. The lowest BCUT2D eigenvalue weighted by molar-refractivity contribution is 0.130. The highest BCUT2D eigenvalue weighted by Crippen LogP contribution is 2.25. The third kappa shape index (κ3) is 3.20. The van der Waals surface area contributed by atoms with Gasteiger partial charge in [-0.3, -0.25) is 0 Å². The molecule has 0 aromatic heterocycles. The molecule has 0 saturated heterocycles. The minimum Gasteiger partial charge on any atom is -0.493 e. The number of ether oxygens (including phenoxy) is 1. The summed E-state index contributed by atoms with van der Waals surface area (Å²) in [5.74, 6) is 1.27. The number of fused-ring (bicyclic) bond motifs is 1. The van der Waals surface area contributed by atoms with Gasteiger partial charge in [0.25, 0.3) is 0 Å². The Kier molecular flexibility index (Phi) is 4.25. The van der Waals surface area contributed by atoms with Gasteiger partial charge in [0.05, 0.1) is 13.2 Å². The van der Waals surface area contributed by atoms with Gasteiger partial charge in [-0.1, -0.05) is 29.4 Å². The number of hydrogen-bond donors (Lipinski definition) is 2. The lowest BCUT2D eigenvalue weighted by Crippen LogP contribution is -2.14. The fraction of sp³-hybridized carbons (Fsp3) is 0.235. The first-order chi connectivity index (χ1) is 10.8. The Bertz CT molecular complexity index is 681. The van der Waals surface area contributed by atoms with E-state index in [1.165, 1.54) is 0 Å². The summed E-state index contributed by atoms with van der Waals surface area (Å²) < 4.78 is 5.46. The largest absolute Gasteiger partial charge is 0.493 e. The predicted octanol–water partition coefficient (Wildman–Crippen LogP) is 1.95. The maximum atomic E-state index is 8.99. The molecular weight excluding hydrogens is 280 g/mol. The Morgan fingerprint density at radius 1 is 1.18 bits per heavy atom. The number of nitrogens with two attached hydrogens (primary N) is 1. The predicted molar refractivity (Wildman–Crippen MR) is 83.5 cm³/mol. The molecule has 0 aliphatic carbocycles. The van der Waals surface area contributed by atoms with Crippen molar-refractivity contribution in [2.24, 2.45) is 10.9 Å². The first-order valence-corrected chi connectivity index (χ1v) is 7.16. The second kappa shape index (κ2) is 6.49. The van der Waals surface area contributed by atoms with Crippen LogP contribution >= 0.6 is 0 Å². The summed E-state index contributed by atoms with van der Waals surface area (Å²) in [5.41, 5.74) is 9.77. The van der Waals surface area contributed by atoms with Gasteiger partial charge in [-0.05, 0) is 34.9 Å². The summed E-state index contributed by atoms with van der Waals surface area (Å²) in [6.45, 7) is 1.09. The van der Waals surface area contributed by atoms with Crippen LogP contribution in [0.25, 0.3) is 0 Å². The molecule has 1 aliphatic rings.